The first-order chi connectivity index (χ1) is 16.6. The lowest BCUT2D eigenvalue weighted by Gasteiger charge is -2.28. The average molecular weight is 489 g/mol. The Labute approximate surface area is 215 Å². The normalized spacial score (nSPS) is 12.6. The van der Waals surface area contributed by atoms with Crippen molar-refractivity contribution in [3.8, 4) is 5.75 Å². The van der Waals surface area contributed by atoms with Crippen LogP contribution < -0.4 is 4.74 Å². The summed E-state index contributed by atoms with van der Waals surface area (Å²) in [7, 11) is 0. The Morgan fingerprint density at radius 2 is 1.43 bits per heavy atom. The lowest BCUT2D eigenvalue weighted by Crippen LogP contribution is -2.33. The summed E-state index contributed by atoms with van der Waals surface area (Å²) in [6.45, 7) is 16.1. The van der Waals surface area contributed by atoms with E-state index in [2.05, 4.69) is 58.9 Å². The smallest absolute Gasteiger partial charge is 0.119 e. The molecule has 4 nitrogen and oxygen atoms in total. The molecular formula is C31H52O4. The van der Waals surface area contributed by atoms with Gasteiger partial charge in [0.05, 0.1) is 11.7 Å². The number of ether oxygens (including phenoxy) is 2. The Kier molecular flexibility index (Phi) is 19.2. The van der Waals surface area contributed by atoms with Crippen molar-refractivity contribution < 1.29 is 19.7 Å². The summed E-state index contributed by atoms with van der Waals surface area (Å²) >= 11 is 0. The molecule has 2 aromatic carbocycles. The van der Waals surface area contributed by atoms with Crippen LogP contribution in [0.4, 0.5) is 0 Å². The largest absolute Gasteiger partial charge is 0.491 e. The molecule has 2 N–H and O–H groups in total. The zero-order valence-corrected chi connectivity index (χ0v) is 23.4. The van der Waals surface area contributed by atoms with Crippen LogP contribution in [-0.2, 0) is 11.2 Å². The van der Waals surface area contributed by atoms with E-state index in [0.29, 0.717) is 31.5 Å². The number of aliphatic hydroxyl groups is 2. The standard InChI is InChI=1S/C21H28O3.C7H16O.C3H8/c1-21(2,24-15-9-12-18-10-5-3-6-11-18)16-19(22)17-23-20-13-7-4-8-14-20;1-6(2)7(3)4-5-8;1-3-2/h3-8,10-11,13-14,19,22H,9,12,15-17H2,1-2H3;6-8H,4-5H2,1-3H3;3H2,1-2H3. The van der Waals surface area contributed by atoms with Gasteiger partial charge in [-0.25, -0.2) is 0 Å². The van der Waals surface area contributed by atoms with Gasteiger partial charge in [0, 0.05) is 19.6 Å². The number of hydrogen-bond acceptors (Lipinski definition) is 4. The van der Waals surface area contributed by atoms with Gasteiger partial charge in [0.1, 0.15) is 12.4 Å². The molecule has 0 aromatic heterocycles. The summed E-state index contributed by atoms with van der Waals surface area (Å²) in [5, 5.41) is 18.7. The van der Waals surface area contributed by atoms with E-state index in [1.807, 2.05) is 50.2 Å². The minimum atomic E-state index is -0.547. The second-order valence-electron chi connectivity index (χ2n) is 10.1. The van der Waals surface area contributed by atoms with Crippen molar-refractivity contribution in [2.75, 3.05) is 19.8 Å². The highest BCUT2D eigenvalue weighted by molar-refractivity contribution is 5.20. The number of aryl methyl sites for hydroxylation is 1. The molecule has 35 heavy (non-hydrogen) atoms. The highest BCUT2D eigenvalue weighted by atomic mass is 16.5. The highest BCUT2D eigenvalue weighted by Crippen LogP contribution is 2.19. The fraction of sp³-hybridized carbons (Fsp3) is 0.613. The average Bonchev–Trinajstić information content (AvgIpc) is 2.83. The number of aliphatic hydroxyl groups excluding tert-OH is 2. The third-order valence-electron chi connectivity index (χ3n) is 5.58. The van der Waals surface area contributed by atoms with Crippen LogP contribution >= 0.6 is 0 Å². The summed E-state index contributed by atoms with van der Waals surface area (Å²) in [5.74, 6) is 2.15. The predicted molar refractivity (Wildman–Crippen MR) is 149 cm³/mol. The minimum absolute atomic E-state index is 0.279. The van der Waals surface area contributed by atoms with E-state index in [1.54, 1.807) is 0 Å². The van der Waals surface area contributed by atoms with E-state index in [1.165, 1.54) is 12.0 Å². The molecule has 200 valence electrons. The second-order valence-corrected chi connectivity index (χ2v) is 10.1. The van der Waals surface area contributed by atoms with Crippen LogP contribution in [0.2, 0.25) is 0 Å². The van der Waals surface area contributed by atoms with Gasteiger partial charge in [-0.2, -0.15) is 0 Å². The van der Waals surface area contributed by atoms with Crippen LogP contribution in [0.15, 0.2) is 60.7 Å². The van der Waals surface area contributed by atoms with Gasteiger partial charge < -0.3 is 19.7 Å². The summed E-state index contributed by atoms with van der Waals surface area (Å²) in [5.41, 5.74) is 0.964. The van der Waals surface area contributed by atoms with Crippen molar-refractivity contribution in [2.45, 2.75) is 92.3 Å². The monoisotopic (exact) mass is 488 g/mol. The first kappa shape index (κ1) is 33.1. The SMILES string of the molecule is CC(C)(CC(O)COc1ccccc1)OCCCc1ccccc1.CC(C)C(C)CCO.CCC. The van der Waals surface area contributed by atoms with Crippen LogP contribution in [0.3, 0.4) is 0 Å². The molecule has 4 heteroatoms. The summed E-state index contributed by atoms with van der Waals surface area (Å²) in [6, 6.07) is 20.0. The maximum atomic E-state index is 10.2. The van der Waals surface area contributed by atoms with Gasteiger partial charge in [-0.05, 0) is 62.6 Å². The van der Waals surface area contributed by atoms with Crippen molar-refractivity contribution in [1.82, 2.24) is 0 Å². The van der Waals surface area contributed by atoms with Crippen LogP contribution in [0, 0.1) is 11.8 Å². The molecule has 0 aliphatic heterocycles. The molecule has 0 radical (unpaired) electrons. The fourth-order valence-corrected chi connectivity index (χ4v) is 3.20. The van der Waals surface area contributed by atoms with E-state index < -0.39 is 6.10 Å². The fourth-order valence-electron chi connectivity index (χ4n) is 3.20. The summed E-state index contributed by atoms with van der Waals surface area (Å²) < 4.78 is 11.5. The molecule has 2 aromatic rings. The third-order valence-corrected chi connectivity index (χ3v) is 5.58. The van der Waals surface area contributed by atoms with Gasteiger partial charge in [0.15, 0.2) is 0 Å². The summed E-state index contributed by atoms with van der Waals surface area (Å²) in [6.07, 6.45) is 4.18. The second kappa shape index (κ2) is 20.3. The molecule has 0 heterocycles. The molecular weight excluding hydrogens is 436 g/mol. The zero-order chi connectivity index (χ0) is 26.5. The highest BCUT2D eigenvalue weighted by Gasteiger charge is 2.23. The number of rotatable bonds is 13. The van der Waals surface area contributed by atoms with Gasteiger partial charge in [0.2, 0.25) is 0 Å². The molecule has 0 saturated carbocycles. The number of benzene rings is 2. The van der Waals surface area contributed by atoms with Crippen molar-refractivity contribution in [2.24, 2.45) is 11.8 Å². The molecule has 2 atom stereocenters. The van der Waals surface area contributed by atoms with Crippen LogP contribution in [-0.4, -0.2) is 41.7 Å². The van der Waals surface area contributed by atoms with Crippen LogP contribution in [0.1, 0.15) is 79.7 Å². The van der Waals surface area contributed by atoms with Crippen molar-refractivity contribution >= 4 is 0 Å². The molecule has 0 spiro atoms. The molecule has 0 bridgehead atoms. The summed E-state index contributed by atoms with van der Waals surface area (Å²) in [4.78, 5) is 0. The molecule has 2 rings (SSSR count). The van der Waals surface area contributed by atoms with E-state index >= 15 is 0 Å². The van der Waals surface area contributed by atoms with Gasteiger partial charge in [0.25, 0.3) is 0 Å². The minimum Gasteiger partial charge on any atom is -0.491 e. The van der Waals surface area contributed by atoms with E-state index in [9.17, 15) is 5.11 Å². The molecule has 0 aliphatic rings. The Hall–Kier alpha value is -1.88. The lowest BCUT2D eigenvalue weighted by molar-refractivity contribution is -0.0565. The third kappa shape index (κ3) is 19.0. The van der Waals surface area contributed by atoms with Crippen LogP contribution in [0.5, 0.6) is 5.75 Å². The van der Waals surface area contributed by atoms with Gasteiger partial charge >= 0.3 is 0 Å². The maximum Gasteiger partial charge on any atom is 0.119 e. The maximum absolute atomic E-state index is 10.2. The van der Waals surface area contributed by atoms with Gasteiger partial charge in [-0.15, -0.1) is 0 Å². The topological polar surface area (TPSA) is 58.9 Å². The van der Waals surface area contributed by atoms with Crippen molar-refractivity contribution in [3.05, 3.63) is 66.2 Å². The van der Waals surface area contributed by atoms with E-state index in [-0.39, 0.29) is 12.2 Å². The lowest BCUT2D eigenvalue weighted by atomic mass is 9.95. The Bertz CT molecular complexity index is 700. The first-order valence-electron chi connectivity index (χ1n) is 13.3. The molecule has 0 fully saturated rings. The Morgan fingerprint density at radius 3 is 1.91 bits per heavy atom. The van der Waals surface area contributed by atoms with Gasteiger partial charge in [-0.3, -0.25) is 0 Å². The predicted octanol–water partition coefficient (Wildman–Crippen LogP) is 7.32. The molecule has 0 aliphatic carbocycles. The van der Waals surface area contributed by atoms with Crippen LogP contribution in [0.25, 0.3) is 0 Å². The zero-order valence-electron chi connectivity index (χ0n) is 23.4. The number of para-hydroxylation sites is 1. The Morgan fingerprint density at radius 1 is 0.886 bits per heavy atom. The van der Waals surface area contributed by atoms with Crippen molar-refractivity contribution in [1.29, 1.82) is 0 Å². The molecule has 0 saturated heterocycles. The Balaban J connectivity index is 0.000000882. The van der Waals surface area contributed by atoms with Gasteiger partial charge in [-0.1, -0.05) is 89.6 Å². The van der Waals surface area contributed by atoms with E-state index in [4.69, 9.17) is 14.6 Å². The number of hydrogen-bond donors (Lipinski definition) is 2. The van der Waals surface area contributed by atoms with E-state index in [0.717, 1.165) is 25.0 Å². The quantitative estimate of drug-likeness (QED) is 0.290. The van der Waals surface area contributed by atoms with Crippen molar-refractivity contribution in [3.63, 3.8) is 0 Å². The first-order valence-corrected chi connectivity index (χ1v) is 13.3. The molecule has 2 unspecified atom stereocenters. The molecule has 0 amide bonds.